The van der Waals surface area contributed by atoms with Crippen molar-refractivity contribution in [2.24, 2.45) is 0 Å². The molecule has 0 bridgehead atoms. The molecule has 0 aliphatic carbocycles. The van der Waals surface area contributed by atoms with Gasteiger partial charge in [0.15, 0.2) is 5.82 Å². The van der Waals surface area contributed by atoms with Gasteiger partial charge in [-0.1, -0.05) is 11.8 Å². The second-order valence-corrected chi connectivity index (χ2v) is 6.42. The quantitative estimate of drug-likeness (QED) is 0.567. The minimum atomic E-state index is -0.407. The van der Waals surface area contributed by atoms with Crippen LogP contribution in [0.1, 0.15) is 10.9 Å². The van der Waals surface area contributed by atoms with E-state index in [0.29, 0.717) is 5.82 Å². The number of nitrogens with one attached hydrogen (secondary N) is 1. The van der Waals surface area contributed by atoms with Crippen molar-refractivity contribution in [1.29, 1.82) is 0 Å². The fourth-order valence-corrected chi connectivity index (χ4v) is 3.55. The van der Waals surface area contributed by atoms with E-state index in [4.69, 9.17) is 4.74 Å². The van der Waals surface area contributed by atoms with Crippen molar-refractivity contribution in [2.45, 2.75) is 10.5 Å². The average Bonchev–Trinajstić information content (AvgIpc) is 3.22. The van der Waals surface area contributed by atoms with Gasteiger partial charge in [0.1, 0.15) is 11.1 Å². The molecule has 1 aliphatic rings. The van der Waals surface area contributed by atoms with Gasteiger partial charge in [-0.05, 0) is 42.0 Å². The molecule has 1 N–H and O–H groups in total. The third-order valence-electron chi connectivity index (χ3n) is 3.86. The highest BCUT2D eigenvalue weighted by atomic mass is 32.2. The summed E-state index contributed by atoms with van der Waals surface area (Å²) >= 11 is 1.51. The minimum Gasteiger partial charge on any atom is -0.497 e. The van der Waals surface area contributed by atoms with Gasteiger partial charge in [0.2, 0.25) is 5.16 Å². The monoisotopic (exact) mass is 355 g/mol. The van der Waals surface area contributed by atoms with Gasteiger partial charge in [-0.3, -0.25) is 10.1 Å². The zero-order chi connectivity index (χ0) is 17.4. The molecule has 0 fully saturated rings. The molecular weight excluding hydrogens is 342 g/mol. The average molecular weight is 355 g/mol. The molecule has 0 saturated carbocycles. The summed E-state index contributed by atoms with van der Waals surface area (Å²) in [6.07, 6.45) is 0. The van der Waals surface area contributed by atoms with E-state index in [-0.39, 0.29) is 11.1 Å². The molecule has 4 rings (SSSR count). The lowest BCUT2D eigenvalue weighted by molar-refractivity contribution is -0.384. The first-order valence-corrected chi connectivity index (χ1v) is 8.31. The van der Waals surface area contributed by atoms with Gasteiger partial charge in [-0.25, -0.2) is 4.68 Å². The highest BCUT2D eigenvalue weighted by Crippen LogP contribution is 2.40. The number of non-ortho nitro benzene ring substituents is 1. The third kappa shape index (κ3) is 2.78. The number of ether oxygens (including phenoxy) is 1. The maximum Gasteiger partial charge on any atom is 0.269 e. The van der Waals surface area contributed by atoms with Crippen LogP contribution in [0.3, 0.4) is 0 Å². The third-order valence-corrected chi connectivity index (χ3v) is 4.95. The normalized spacial score (nSPS) is 15.5. The van der Waals surface area contributed by atoms with Gasteiger partial charge in [0, 0.05) is 17.7 Å². The maximum absolute atomic E-state index is 10.8. The lowest BCUT2D eigenvalue weighted by Gasteiger charge is -2.12. The summed E-state index contributed by atoms with van der Waals surface area (Å²) in [5.74, 6) is 1.48. The van der Waals surface area contributed by atoms with Crippen molar-refractivity contribution < 1.29 is 9.66 Å². The summed E-state index contributed by atoms with van der Waals surface area (Å²) in [5.41, 5.74) is 5.25. The number of nitrogens with zero attached hydrogens (tertiary/aromatic N) is 4. The molecule has 2 aromatic carbocycles. The fraction of sp³-hybridized carbons (Fsp3) is 0.125. The highest BCUT2D eigenvalue weighted by molar-refractivity contribution is 7.99. The largest absolute Gasteiger partial charge is 0.497 e. The topological polar surface area (TPSA) is 95.1 Å². The maximum atomic E-state index is 10.8. The summed E-state index contributed by atoms with van der Waals surface area (Å²) in [7, 11) is 1.62. The van der Waals surface area contributed by atoms with Crippen LogP contribution in [0, 0.1) is 10.1 Å². The molecule has 8 nitrogen and oxygen atoms in total. The van der Waals surface area contributed by atoms with Gasteiger partial charge in [-0.15, -0.1) is 10.2 Å². The predicted molar refractivity (Wildman–Crippen MR) is 93.1 cm³/mol. The molecule has 25 heavy (non-hydrogen) atoms. The van der Waals surface area contributed by atoms with E-state index in [9.17, 15) is 10.1 Å². The van der Waals surface area contributed by atoms with Crippen LogP contribution in [-0.2, 0) is 0 Å². The Labute approximate surface area is 147 Å². The van der Waals surface area contributed by atoms with Gasteiger partial charge >= 0.3 is 0 Å². The molecule has 0 radical (unpaired) electrons. The number of nitro benzene ring substituents is 1. The summed E-state index contributed by atoms with van der Waals surface area (Å²) in [5, 5.41) is 19.9. The van der Waals surface area contributed by atoms with E-state index >= 15 is 0 Å². The van der Waals surface area contributed by atoms with E-state index in [1.165, 1.54) is 23.9 Å². The Bertz CT molecular complexity index is 924. The first-order valence-electron chi connectivity index (χ1n) is 7.43. The van der Waals surface area contributed by atoms with Gasteiger partial charge in [0.05, 0.1) is 12.0 Å². The number of nitro groups is 1. The summed E-state index contributed by atoms with van der Waals surface area (Å²) in [6.45, 7) is 0. The molecule has 1 aliphatic heterocycles. The second kappa shape index (κ2) is 6.10. The van der Waals surface area contributed by atoms with E-state index in [2.05, 4.69) is 15.6 Å². The van der Waals surface area contributed by atoms with Gasteiger partial charge < -0.3 is 10.2 Å². The number of thioether (sulfide) groups is 1. The predicted octanol–water partition coefficient (Wildman–Crippen LogP) is 3.21. The lowest BCUT2D eigenvalue weighted by Crippen LogP contribution is -2.13. The number of methoxy groups -OCH3 is 1. The Morgan fingerprint density at radius 2 is 1.88 bits per heavy atom. The summed E-state index contributed by atoms with van der Waals surface area (Å²) in [6, 6.07) is 14.1. The summed E-state index contributed by atoms with van der Waals surface area (Å²) in [4.78, 5) is 10.4. The number of fused-ring (bicyclic) bond motifs is 1. The van der Waals surface area contributed by atoms with Gasteiger partial charge in [0.25, 0.3) is 5.69 Å². The van der Waals surface area contributed by atoms with Crippen LogP contribution < -0.4 is 10.2 Å². The molecule has 9 heteroatoms. The number of benzene rings is 2. The van der Waals surface area contributed by atoms with Crippen LogP contribution in [0.25, 0.3) is 11.4 Å². The number of hydrogen-bond acceptors (Lipinski definition) is 7. The van der Waals surface area contributed by atoms with Crippen molar-refractivity contribution >= 4 is 17.4 Å². The zero-order valence-electron chi connectivity index (χ0n) is 13.1. The SMILES string of the molecule is COc1ccc(-c2nnc3n2N[C@H](c2ccc([N+](=O)[O-])cc2)S3)cc1. The van der Waals surface area contributed by atoms with Crippen molar-refractivity contribution in [3.8, 4) is 17.1 Å². The number of aromatic nitrogens is 3. The zero-order valence-corrected chi connectivity index (χ0v) is 13.9. The van der Waals surface area contributed by atoms with Crippen LogP contribution in [-0.4, -0.2) is 26.9 Å². The first kappa shape index (κ1) is 15.5. The molecule has 0 saturated heterocycles. The second-order valence-electron chi connectivity index (χ2n) is 5.35. The van der Waals surface area contributed by atoms with Crippen molar-refractivity contribution in [2.75, 3.05) is 12.5 Å². The molecule has 0 spiro atoms. The Hall–Kier alpha value is -3.07. The smallest absolute Gasteiger partial charge is 0.269 e. The molecule has 0 unspecified atom stereocenters. The minimum absolute atomic E-state index is 0.0741. The van der Waals surface area contributed by atoms with Crippen LogP contribution in [0.15, 0.2) is 53.7 Å². The first-order chi connectivity index (χ1) is 12.2. The van der Waals surface area contributed by atoms with E-state index in [1.54, 1.807) is 19.2 Å². The van der Waals surface area contributed by atoms with Crippen LogP contribution in [0.5, 0.6) is 5.75 Å². The lowest BCUT2D eigenvalue weighted by atomic mass is 10.2. The Morgan fingerprint density at radius 3 is 2.52 bits per heavy atom. The highest BCUT2D eigenvalue weighted by Gasteiger charge is 2.28. The number of hydrogen-bond donors (Lipinski definition) is 1. The molecule has 3 aromatic rings. The van der Waals surface area contributed by atoms with Gasteiger partial charge in [-0.2, -0.15) is 0 Å². The van der Waals surface area contributed by atoms with E-state index in [0.717, 1.165) is 22.0 Å². The number of rotatable bonds is 4. The van der Waals surface area contributed by atoms with Crippen LogP contribution >= 0.6 is 11.8 Å². The molecule has 126 valence electrons. The summed E-state index contributed by atoms with van der Waals surface area (Å²) < 4.78 is 7.00. The van der Waals surface area contributed by atoms with E-state index in [1.807, 2.05) is 28.9 Å². The molecule has 1 aromatic heterocycles. The molecule has 0 amide bonds. The Balaban J connectivity index is 1.58. The fourth-order valence-electron chi connectivity index (χ4n) is 2.55. The Morgan fingerprint density at radius 1 is 1.16 bits per heavy atom. The van der Waals surface area contributed by atoms with E-state index < -0.39 is 4.92 Å². The standard InChI is InChI=1S/C16H13N5O3S/c1-24-13-8-4-10(5-9-13)14-17-18-16-20(14)19-15(25-16)11-2-6-12(7-3-11)21(22)23/h2-9,15,19H,1H3/t15-/m0/s1. The van der Waals surface area contributed by atoms with Crippen LogP contribution in [0.4, 0.5) is 5.69 Å². The van der Waals surface area contributed by atoms with Crippen molar-refractivity contribution in [3.05, 3.63) is 64.2 Å². The molecule has 2 heterocycles. The Kier molecular flexibility index (Phi) is 3.77. The van der Waals surface area contributed by atoms with Crippen molar-refractivity contribution in [3.63, 3.8) is 0 Å². The van der Waals surface area contributed by atoms with Crippen molar-refractivity contribution in [1.82, 2.24) is 14.9 Å². The molecule has 1 atom stereocenters. The van der Waals surface area contributed by atoms with Crippen LogP contribution in [0.2, 0.25) is 0 Å². The molecular formula is C16H13N5O3S.